The van der Waals surface area contributed by atoms with Gasteiger partial charge in [0.05, 0.1) is 17.1 Å². The number of aromatic nitrogens is 3. The number of hydrogen-bond acceptors (Lipinski definition) is 9. The fourth-order valence-electron chi connectivity index (χ4n) is 3.35. The predicted molar refractivity (Wildman–Crippen MR) is 123 cm³/mol. The highest BCUT2D eigenvalue weighted by molar-refractivity contribution is 7.17. The molecule has 0 spiro atoms. The van der Waals surface area contributed by atoms with Gasteiger partial charge in [-0.15, -0.1) is 11.3 Å². The van der Waals surface area contributed by atoms with Crippen LogP contribution in [0.4, 0.5) is 0 Å². The number of carbonyl (C=O) groups excluding carboxylic acids is 1. The molecule has 1 saturated carbocycles. The number of rotatable bonds is 7. The summed E-state index contributed by atoms with van der Waals surface area (Å²) in [6.45, 7) is 5.61. The van der Waals surface area contributed by atoms with E-state index in [1.807, 2.05) is 37.6 Å². The lowest BCUT2D eigenvalue weighted by molar-refractivity contribution is -0.132. The monoisotopic (exact) mass is 470 g/mol. The van der Waals surface area contributed by atoms with E-state index in [4.69, 9.17) is 26.4 Å². The largest absolute Gasteiger partial charge is 0.477 e. The molecule has 4 rings (SSSR count). The number of nitrogens with zero attached hydrogens (tertiary/aromatic N) is 4. The molecule has 3 aromatic heterocycles. The molecule has 3 aromatic rings. The number of imidazole rings is 1. The third kappa shape index (κ3) is 5.32. The molecule has 0 unspecified atom stereocenters. The minimum Gasteiger partial charge on any atom is -0.477 e. The second-order valence-electron chi connectivity index (χ2n) is 9.02. The van der Waals surface area contributed by atoms with Crippen LogP contribution in [0.5, 0.6) is 0 Å². The maximum absolute atomic E-state index is 12.4. The Hall–Kier alpha value is -3.44. The van der Waals surface area contributed by atoms with Crippen LogP contribution in [-0.2, 0) is 16.1 Å². The van der Waals surface area contributed by atoms with Crippen LogP contribution in [0.2, 0.25) is 0 Å². The maximum Gasteiger partial charge on any atom is 0.367 e. The van der Waals surface area contributed by atoms with E-state index in [-0.39, 0.29) is 17.2 Å². The number of aliphatic carboxylic acids is 1. The van der Waals surface area contributed by atoms with E-state index in [2.05, 4.69) is 11.1 Å². The zero-order valence-corrected chi connectivity index (χ0v) is 19.4. The van der Waals surface area contributed by atoms with Gasteiger partial charge in [0.25, 0.3) is 0 Å². The van der Waals surface area contributed by atoms with Crippen LogP contribution in [0.15, 0.2) is 36.6 Å². The van der Waals surface area contributed by atoms with E-state index in [1.54, 1.807) is 6.20 Å². The zero-order chi connectivity index (χ0) is 23.9. The molecule has 1 aliphatic rings. The average molecular weight is 471 g/mol. The second kappa shape index (κ2) is 8.49. The van der Waals surface area contributed by atoms with E-state index in [1.165, 1.54) is 21.9 Å². The van der Waals surface area contributed by atoms with Crippen LogP contribution < -0.4 is 11.6 Å². The molecule has 11 heteroatoms. The van der Waals surface area contributed by atoms with Crippen molar-refractivity contribution >= 4 is 28.9 Å². The number of carboxylic acids is 1. The molecule has 5 N–H and O–H groups in total. The van der Waals surface area contributed by atoms with Crippen molar-refractivity contribution in [1.82, 2.24) is 19.4 Å². The highest BCUT2D eigenvalue weighted by Gasteiger charge is 2.27. The molecule has 1 aliphatic carbocycles. The molecule has 0 atom stereocenters. The summed E-state index contributed by atoms with van der Waals surface area (Å²) >= 11 is 1.26. The number of thiazole rings is 1. The normalized spacial score (nSPS) is 14.5. The van der Waals surface area contributed by atoms with Crippen molar-refractivity contribution in [2.75, 3.05) is 0 Å². The molecular formula is C22H26N6O4S. The topological polar surface area (TPSA) is 149 Å². The first-order chi connectivity index (χ1) is 15.5. The summed E-state index contributed by atoms with van der Waals surface area (Å²) in [5.41, 5.74) is 7.85. The van der Waals surface area contributed by atoms with Crippen molar-refractivity contribution in [2.24, 2.45) is 11.6 Å². The number of esters is 1. The molecular weight excluding hydrogens is 444 g/mol. The Kier molecular flexibility index (Phi) is 5.85. The summed E-state index contributed by atoms with van der Waals surface area (Å²) < 4.78 is 7.37. The molecule has 174 valence electrons. The third-order valence-corrected chi connectivity index (χ3v) is 5.92. The molecule has 3 heterocycles. The molecule has 0 amide bonds. The molecule has 1 fully saturated rings. The van der Waals surface area contributed by atoms with Gasteiger partial charge in [0.2, 0.25) is 5.01 Å². The van der Waals surface area contributed by atoms with Gasteiger partial charge in [-0.2, -0.15) is 0 Å². The molecule has 0 bridgehead atoms. The lowest BCUT2D eigenvalue weighted by atomic mass is 10.1. The highest BCUT2D eigenvalue weighted by atomic mass is 32.1. The maximum atomic E-state index is 12.4. The van der Waals surface area contributed by atoms with Crippen molar-refractivity contribution in [1.29, 1.82) is 0 Å². The van der Waals surface area contributed by atoms with Gasteiger partial charge in [-0.3, -0.25) is 0 Å². The van der Waals surface area contributed by atoms with E-state index in [9.17, 15) is 9.59 Å². The van der Waals surface area contributed by atoms with E-state index < -0.39 is 17.5 Å². The summed E-state index contributed by atoms with van der Waals surface area (Å²) in [6.07, 6.45) is 8.98. The quantitative estimate of drug-likeness (QED) is 0.205. The number of fused-ring (bicyclic) bond motifs is 1. The molecule has 0 aromatic carbocycles. The van der Waals surface area contributed by atoms with Crippen LogP contribution in [-0.4, -0.2) is 42.0 Å². The SMILES string of the molecule is CC(C)(C)OC(=O)c1ncc(-c2cc(C3CC3)cn3cc(CN(N)/C=C(\N)C(=O)O)nc23)s1. The van der Waals surface area contributed by atoms with Crippen molar-refractivity contribution in [3.8, 4) is 10.4 Å². The third-order valence-electron chi connectivity index (χ3n) is 4.91. The standard InChI is InChI=1S/C22H26N6O4S/c1-22(2,3)32-21(31)19-25-7-17(33-19)15-6-13(12-4-5-12)8-27-9-14(26-18(15)27)10-28(24)11-16(23)20(29)30/h6-9,11-12H,4-5,10,23-24H2,1-3H3,(H,29,30)/b16-11-. The predicted octanol–water partition coefficient (Wildman–Crippen LogP) is 2.85. The lowest BCUT2D eigenvalue weighted by Gasteiger charge is -2.18. The van der Waals surface area contributed by atoms with Crippen molar-refractivity contribution in [3.63, 3.8) is 0 Å². The summed E-state index contributed by atoms with van der Waals surface area (Å²) in [5.74, 6) is 4.69. The summed E-state index contributed by atoms with van der Waals surface area (Å²) in [5, 5.41) is 10.4. The first kappa shape index (κ1) is 22.7. The van der Waals surface area contributed by atoms with Crippen LogP contribution in [0.25, 0.3) is 16.1 Å². The van der Waals surface area contributed by atoms with Crippen molar-refractivity contribution < 1.29 is 19.4 Å². The summed E-state index contributed by atoms with van der Waals surface area (Å²) in [4.78, 5) is 33.2. The fourth-order valence-corrected chi connectivity index (χ4v) is 4.15. The molecule has 33 heavy (non-hydrogen) atoms. The van der Waals surface area contributed by atoms with Gasteiger partial charge < -0.3 is 25.0 Å². The van der Waals surface area contributed by atoms with E-state index in [0.717, 1.165) is 29.5 Å². The Labute approximate surface area is 194 Å². The first-order valence-corrected chi connectivity index (χ1v) is 11.2. The molecule has 0 aliphatic heterocycles. The Morgan fingerprint density at radius 1 is 1.36 bits per heavy atom. The van der Waals surface area contributed by atoms with Crippen LogP contribution in [0.1, 0.15) is 60.6 Å². The second-order valence-corrected chi connectivity index (χ2v) is 10.0. The van der Waals surface area contributed by atoms with Gasteiger partial charge >= 0.3 is 11.9 Å². The number of hydrazine groups is 1. The Morgan fingerprint density at radius 2 is 2.09 bits per heavy atom. The van der Waals surface area contributed by atoms with Crippen LogP contribution in [0, 0.1) is 0 Å². The zero-order valence-electron chi connectivity index (χ0n) is 18.6. The number of pyridine rings is 1. The van der Waals surface area contributed by atoms with Crippen molar-refractivity contribution in [2.45, 2.75) is 51.7 Å². The van der Waals surface area contributed by atoms with E-state index >= 15 is 0 Å². The number of carbonyl (C=O) groups is 2. The van der Waals surface area contributed by atoms with Gasteiger partial charge in [0, 0.05) is 30.4 Å². The number of hydrogen-bond donors (Lipinski definition) is 3. The minimum absolute atomic E-state index is 0.166. The van der Waals surface area contributed by atoms with Crippen LogP contribution >= 0.6 is 11.3 Å². The van der Waals surface area contributed by atoms with Gasteiger partial charge in [0.1, 0.15) is 16.9 Å². The lowest BCUT2D eigenvalue weighted by Crippen LogP contribution is -2.27. The van der Waals surface area contributed by atoms with Crippen molar-refractivity contribution in [3.05, 3.63) is 52.8 Å². The number of ether oxygens (including phenoxy) is 1. The highest BCUT2D eigenvalue weighted by Crippen LogP contribution is 2.42. The average Bonchev–Trinajstić information content (AvgIpc) is 3.29. The van der Waals surface area contributed by atoms with Gasteiger partial charge in [-0.25, -0.2) is 25.4 Å². The molecule has 10 nitrogen and oxygen atoms in total. The summed E-state index contributed by atoms with van der Waals surface area (Å²) in [7, 11) is 0. The molecule has 0 radical (unpaired) electrons. The van der Waals surface area contributed by atoms with Gasteiger partial charge in [0.15, 0.2) is 0 Å². The van der Waals surface area contributed by atoms with Crippen LogP contribution in [0.3, 0.4) is 0 Å². The van der Waals surface area contributed by atoms with Gasteiger partial charge in [-0.05, 0) is 51.2 Å². The number of carboxylic acid groups (broad SMARTS) is 1. The molecule has 0 saturated heterocycles. The Bertz CT molecular complexity index is 1250. The Morgan fingerprint density at radius 3 is 2.73 bits per heavy atom. The van der Waals surface area contributed by atoms with Gasteiger partial charge in [-0.1, -0.05) is 0 Å². The Balaban J connectivity index is 1.69. The smallest absolute Gasteiger partial charge is 0.367 e. The fraction of sp³-hybridized carbons (Fsp3) is 0.364. The number of nitrogens with two attached hydrogens (primary N) is 2. The minimum atomic E-state index is -1.25. The van der Waals surface area contributed by atoms with E-state index in [0.29, 0.717) is 17.3 Å². The first-order valence-electron chi connectivity index (χ1n) is 10.4. The summed E-state index contributed by atoms with van der Waals surface area (Å²) in [6, 6.07) is 2.10.